The average Bonchev–Trinajstić information content (AvgIpc) is 3.24. The van der Waals surface area contributed by atoms with Gasteiger partial charge in [0.25, 0.3) is 11.8 Å². The van der Waals surface area contributed by atoms with E-state index in [1.807, 2.05) is 6.07 Å². The first-order valence-corrected chi connectivity index (χ1v) is 8.65. The van der Waals surface area contributed by atoms with Gasteiger partial charge in [-0.3, -0.25) is 14.4 Å². The molecule has 0 atom stereocenters. The lowest BCUT2D eigenvalue weighted by Gasteiger charge is -2.08. The third-order valence-electron chi connectivity index (χ3n) is 4.06. The molecule has 0 spiro atoms. The molecule has 3 amide bonds. The molecule has 0 aliphatic rings. The van der Waals surface area contributed by atoms with E-state index in [0.717, 1.165) is 5.56 Å². The van der Waals surface area contributed by atoms with Crippen LogP contribution in [-0.4, -0.2) is 24.3 Å². The molecule has 28 heavy (non-hydrogen) atoms. The fraction of sp³-hybridized carbons (Fsp3) is 0.0952. The molecule has 0 unspecified atom stereocenters. The van der Waals surface area contributed by atoms with Crippen LogP contribution in [0.15, 0.2) is 71.3 Å². The summed E-state index contributed by atoms with van der Waals surface area (Å²) in [5, 5.41) is 5.51. The van der Waals surface area contributed by atoms with Gasteiger partial charge in [-0.05, 0) is 60.5 Å². The molecular formula is C21H19N3O4. The van der Waals surface area contributed by atoms with Crippen molar-refractivity contribution < 1.29 is 18.8 Å². The molecule has 0 bridgehead atoms. The van der Waals surface area contributed by atoms with Gasteiger partial charge in [-0.2, -0.15) is 0 Å². The second kappa shape index (κ2) is 8.68. The van der Waals surface area contributed by atoms with E-state index in [4.69, 9.17) is 10.2 Å². The van der Waals surface area contributed by atoms with Crippen LogP contribution in [0.1, 0.15) is 36.8 Å². The van der Waals surface area contributed by atoms with Crippen LogP contribution in [-0.2, 0) is 6.42 Å². The summed E-state index contributed by atoms with van der Waals surface area (Å²) in [7, 11) is 0. The van der Waals surface area contributed by atoms with Crippen molar-refractivity contribution in [3.8, 4) is 0 Å². The Balaban J connectivity index is 1.51. The van der Waals surface area contributed by atoms with Crippen molar-refractivity contribution in [1.29, 1.82) is 0 Å². The molecule has 0 fully saturated rings. The van der Waals surface area contributed by atoms with Gasteiger partial charge < -0.3 is 20.8 Å². The predicted octanol–water partition coefficient (Wildman–Crippen LogP) is 2.60. The minimum Gasteiger partial charge on any atom is -0.459 e. The zero-order chi connectivity index (χ0) is 19.9. The first-order valence-electron chi connectivity index (χ1n) is 8.65. The van der Waals surface area contributed by atoms with Crippen LogP contribution < -0.4 is 16.4 Å². The molecule has 4 N–H and O–H groups in total. The minimum atomic E-state index is -0.481. The van der Waals surface area contributed by atoms with E-state index < -0.39 is 5.91 Å². The molecule has 1 aromatic heterocycles. The fourth-order valence-corrected chi connectivity index (χ4v) is 2.61. The lowest BCUT2D eigenvalue weighted by Crippen LogP contribution is -2.25. The van der Waals surface area contributed by atoms with E-state index in [1.165, 1.54) is 6.26 Å². The van der Waals surface area contributed by atoms with Gasteiger partial charge in [-0.25, -0.2) is 0 Å². The third kappa shape index (κ3) is 4.85. The van der Waals surface area contributed by atoms with E-state index in [-0.39, 0.29) is 17.6 Å². The quantitative estimate of drug-likeness (QED) is 0.587. The first-order chi connectivity index (χ1) is 13.5. The highest BCUT2D eigenvalue weighted by Crippen LogP contribution is 2.12. The molecule has 2 aromatic carbocycles. The van der Waals surface area contributed by atoms with Gasteiger partial charge in [-0.1, -0.05) is 12.1 Å². The van der Waals surface area contributed by atoms with Crippen molar-refractivity contribution in [1.82, 2.24) is 5.32 Å². The molecule has 1 heterocycles. The number of carbonyl (C=O) groups excluding carboxylic acids is 3. The number of furan rings is 1. The summed E-state index contributed by atoms with van der Waals surface area (Å²) in [5.74, 6) is -0.859. The topological polar surface area (TPSA) is 114 Å². The van der Waals surface area contributed by atoms with Gasteiger partial charge in [0.1, 0.15) is 0 Å². The largest absolute Gasteiger partial charge is 0.459 e. The summed E-state index contributed by atoms with van der Waals surface area (Å²) < 4.78 is 5.03. The Hall–Kier alpha value is -3.87. The fourth-order valence-electron chi connectivity index (χ4n) is 2.61. The highest BCUT2D eigenvalue weighted by Gasteiger charge is 2.10. The maximum atomic E-state index is 12.2. The molecule has 7 heteroatoms. The lowest BCUT2D eigenvalue weighted by molar-refractivity contribution is 0.0952. The molecule has 3 aromatic rings. The van der Waals surface area contributed by atoms with Crippen molar-refractivity contribution in [2.45, 2.75) is 6.42 Å². The van der Waals surface area contributed by atoms with Gasteiger partial charge in [0.2, 0.25) is 5.91 Å². The number of anilines is 1. The van der Waals surface area contributed by atoms with Gasteiger partial charge >= 0.3 is 0 Å². The molecule has 0 radical (unpaired) electrons. The molecule has 0 saturated carbocycles. The highest BCUT2D eigenvalue weighted by atomic mass is 16.3. The van der Waals surface area contributed by atoms with Crippen LogP contribution >= 0.6 is 0 Å². The van der Waals surface area contributed by atoms with Crippen molar-refractivity contribution in [2.24, 2.45) is 5.73 Å². The Bertz CT molecular complexity index is 979. The summed E-state index contributed by atoms with van der Waals surface area (Å²) in [4.78, 5) is 35.4. The maximum Gasteiger partial charge on any atom is 0.291 e. The molecule has 0 saturated heterocycles. The summed E-state index contributed by atoms with van der Waals surface area (Å²) in [6.07, 6.45) is 2.00. The van der Waals surface area contributed by atoms with E-state index in [0.29, 0.717) is 29.8 Å². The number of rotatable bonds is 7. The molecule has 142 valence electrons. The standard InChI is InChI=1S/C21H19N3O4/c22-19(25)16-4-1-3-14(13-16)10-11-23-20(26)15-6-8-17(9-7-15)24-21(27)18-5-2-12-28-18/h1-9,12-13H,10-11H2,(H2,22,25)(H,23,26)(H,24,27). The monoisotopic (exact) mass is 377 g/mol. The molecule has 3 rings (SSSR count). The van der Waals surface area contributed by atoms with E-state index in [9.17, 15) is 14.4 Å². The van der Waals surface area contributed by atoms with Gasteiger partial charge in [0.05, 0.1) is 6.26 Å². The number of nitrogens with one attached hydrogen (secondary N) is 2. The van der Waals surface area contributed by atoms with E-state index >= 15 is 0 Å². The Kier molecular flexibility index (Phi) is 5.86. The third-order valence-corrected chi connectivity index (χ3v) is 4.06. The second-order valence-electron chi connectivity index (χ2n) is 6.08. The van der Waals surface area contributed by atoms with Crippen molar-refractivity contribution in [3.63, 3.8) is 0 Å². The highest BCUT2D eigenvalue weighted by molar-refractivity contribution is 6.02. The van der Waals surface area contributed by atoms with Crippen LogP contribution in [0.4, 0.5) is 5.69 Å². The number of hydrogen-bond acceptors (Lipinski definition) is 4. The van der Waals surface area contributed by atoms with Gasteiger partial charge in [-0.15, -0.1) is 0 Å². The Morgan fingerprint density at radius 1 is 0.893 bits per heavy atom. The zero-order valence-corrected chi connectivity index (χ0v) is 15.0. The van der Waals surface area contributed by atoms with Crippen LogP contribution in [0.5, 0.6) is 0 Å². The Morgan fingerprint density at radius 3 is 2.36 bits per heavy atom. The SMILES string of the molecule is NC(=O)c1cccc(CCNC(=O)c2ccc(NC(=O)c3ccco3)cc2)c1. The predicted molar refractivity (Wildman–Crippen MR) is 104 cm³/mol. The maximum absolute atomic E-state index is 12.2. The number of primary amides is 1. The normalized spacial score (nSPS) is 10.3. The number of carbonyl (C=O) groups is 3. The van der Waals surface area contributed by atoms with Crippen LogP contribution in [0.2, 0.25) is 0 Å². The molecule has 7 nitrogen and oxygen atoms in total. The average molecular weight is 377 g/mol. The molecule has 0 aliphatic heterocycles. The van der Waals surface area contributed by atoms with E-state index in [2.05, 4.69) is 10.6 Å². The molecule has 0 aliphatic carbocycles. The molecular weight excluding hydrogens is 358 g/mol. The smallest absolute Gasteiger partial charge is 0.291 e. The number of benzene rings is 2. The summed E-state index contributed by atoms with van der Waals surface area (Å²) in [6.45, 7) is 0.415. The first kappa shape index (κ1) is 18.9. The van der Waals surface area contributed by atoms with Crippen molar-refractivity contribution >= 4 is 23.4 Å². The number of hydrogen-bond donors (Lipinski definition) is 3. The van der Waals surface area contributed by atoms with Crippen LogP contribution in [0, 0.1) is 0 Å². The summed E-state index contributed by atoms with van der Waals surface area (Å²) >= 11 is 0. The van der Waals surface area contributed by atoms with Gasteiger partial charge in [0, 0.05) is 23.4 Å². The van der Waals surface area contributed by atoms with Crippen molar-refractivity contribution in [2.75, 3.05) is 11.9 Å². The lowest BCUT2D eigenvalue weighted by atomic mass is 10.1. The zero-order valence-electron chi connectivity index (χ0n) is 15.0. The van der Waals surface area contributed by atoms with Gasteiger partial charge in [0.15, 0.2) is 5.76 Å². The van der Waals surface area contributed by atoms with Crippen molar-refractivity contribution in [3.05, 3.63) is 89.4 Å². The van der Waals surface area contributed by atoms with Crippen LogP contribution in [0.3, 0.4) is 0 Å². The number of amides is 3. The summed E-state index contributed by atoms with van der Waals surface area (Å²) in [6, 6.07) is 16.7. The van der Waals surface area contributed by atoms with E-state index in [1.54, 1.807) is 54.6 Å². The minimum absolute atomic E-state index is 0.210. The van der Waals surface area contributed by atoms with Crippen LogP contribution in [0.25, 0.3) is 0 Å². The second-order valence-corrected chi connectivity index (χ2v) is 6.08. The Morgan fingerprint density at radius 2 is 1.68 bits per heavy atom. The summed E-state index contributed by atoms with van der Waals surface area (Å²) in [5.41, 5.74) is 7.65. The Labute approximate surface area is 161 Å². The number of nitrogens with two attached hydrogens (primary N) is 1.